The molecule has 1 amide bonds. The van der Waals surface area contributed by atoms with Crippen LogP contribution in [0.1, 0.15) is 5.69 Å². The van der Waals surface area contributed by atoms with E-state index < -0.39 is 0 Å². The van der Waals surface area contributed by atoms with Crippen molar-refractivity contribution in [1.29, 1.82) is 0 Å². The van der Waals surface area contributed by atoms with Crippen LogP contribution >= 0.6 is 0 Å². The number of amides is 1. The predicted octanol–water partition coefficient (Wildman–Crippen LogP) is 0.196. The first-order chi connectivity index (χ1) is 9.78. The number of nitrogens with zero attached hydrogens (tertiary/aromatic N) is 4. The van der Waals surface area contributed by atoms with Gasteiger partial charge in [-0.3, -0.25) is 9.48 Å². The quantitative estimate of drug-likeness (QED) is 0.861. The summed E-state index contributed by atoms with van der Waals surface area (Å²) in [6.45, 7) is 0.899. The summed E-state index contributed by atoms with van der Waals surface area (Å²) in [7, 11) is 0. The molecule has 0 saturated heterocycles. The number of aliphatic hydroxyl groups is 1. The fraction of sp³-hybridized carbons (Fsp3) is 0.308. The molecule has 104 valence electrons. The summed E-state index contributed by atoms with van der Waals surface area (Å²) in [5.74, 6) is 0.632. The first-order valence-electron chi connectivity index (χ1n) is 6.30. The molecule has 0 fully saturated rings. The van der Waals surface area contributed by atoms with E-state index in [0.717, 1.165) is 5.69 Å². The smallest absolute Gasteiger partial charge is 0.265 e. The van der Waals surface area contributed by atoms with Crippen LogP contribution in [0.3, 0.4) is 0 Å². The van der Waals surface area contributed by atoms with Crippen LogP contribution in [-0.2, 0) is 17.9 Å². The van der Waals surface area contributed by atoms with Gasteiger partial charge in [0.05, 0.1) is 25.0 Å². The molecule has 1 aromatic carbocycles. The van der Waals surface area contributed by atoms with Crippen molar-refractivity contribution in [2.24, 2.45) is 0 Å². The first-order valence-corrected chi connectivity index (χ1v) is 6.30. The molecule has 0 bridgehead atoms. The Kier molecular flexibility index (Phi) is 3.34. The topological polar surface area (TPSA) is 80.5 Å². The Bertz CT molecular complexity index is 626. The van der Waals surface area contributed by atoms with Gasteiger partial charge in [0.15, 0.2) is 6.61 Å². The van der Waals surface area contributed by atoms with Gasteiger partial charge in [-0.25, -0.2) is 0 Å². The molecule has 2 heterocycles. The van der Waals surface area contributed by atoms with Crippen molar-refractivity contribution in [3.63, 3.8) is 0 Å². The van der Waals surface area contributed by atoms with Gasteiger partial charge in [-0.05, 0) is 12.1 Å². The maximum absolute atomic E-state index is 12.0. The lowest BCUT2D eigenvalue weighted by atomic mass is 10.2. The summed E-state index contributed by atoms with van der Waals surface area (Å²) in [6, 6.07) is 7.44. The number of hydrogen-bond donors (Lipinski definition) is 1. The molecule has 0 atom stereocenters. The molecular weight excluding hydrogens is 260 g/mol. The summed E-state index contributed by atoms with van der Waals surface area (Å²) in [5, 5.41) is 16.6. The van der Waals surface area contributed by atoms with Crippen LogP contribution < -0.4 is 9.64 Å². The monoisotopic (exact) mass is 274 g/mol. The third-order valence-corrected chi connectivity index (χ3v) is 3.11. The molecule has 7 heteroatoms. The predicted molar refractivity (Wildman–Crippen MR) is 70.2 cm³/mol. The molecule has 2 aromatic rings. The summed E-state index contributed by atoms with van der Waals surface area (Å²) in [4.78, 5) is 13.6. The van der Waals surface area contributed by atoms with Crippen LogP contribution in [0.25, 0.3) is 0 Å². The van der Waals surface area contributed by atoms with Crippen molar-refractivity contribution >= 4 is 11.6 Å². The van der Waals surface area contributed by atoms with Gasteiger partial charge >= 0.3 is 0 Å². The fourth-order valence-electron chi connectivity index (χ4n) is 2.12. The van der Waals surface area contributed by atoms with E-state index in [9.17, 15) is 4.79 Å². The molecular formula is C13H14N4O3. The second-order valence-corrected chi connectivity index (χ2v) is 4.43. The summed E-state index contributed by atoms with van der Waals surface area (Å²) in [6.07, 6.45) is 1.66. The number of hydrogen-bond acceptors (Lipinski definition) is 5. The maximum Gasteiger partial charge on any atom is 0.265 e. The average Bonchev–Trinajstić information content (AvgIpc) is 2.94. The van der Waals surface area contributed by atoms with Crippen molar-refractivity contribution in [3.05, 3.63) is 36.2 Å². The SMILES string of the molecule is O=C1COc2ccccc2N1CCn1cc(CO)nn1. The van der Waals surface area contributed by atoms with E-state index in [-0.39, 0.29) is 19.1 Å². The van der Waals surface area contributed by atoms with Crippen molar-refractivity contribution < 1.29 is 14.6 Å². The minimum Gasteiger partial charge on any atom is -0.482 e. The van der Waals surface area contributed by atoms with E-state index in [1.807, 2.05) is 24.3 Å². The van der Waals surface area contributed by atoms with Gasteiger partial charge in [0.25, 0.3) is 5.91 Å². The Labute approximate surface area is 115 Å². The highest BCUT2D eigenvalue weighted by Gasteiger charge is 2.24. The number of aromatic nitrogens is 3. The van der Waals surface area contributed by atoms with Crippen LogP contribution in [0.5, 0.6) is 5.75 Å². The summed E-state index contributed by atoms with van der Waals surface area (Å²) < 4.78 is 6.99. The average molecular weight is 274 g/mol. The van der Waals surface area contributed by atoms with E-state index in [0.29, 0.717) is 24.5 Å². The van der Waals surface area contributed by atoms with E-state index in [1.165, 1.54) is 0 Å². The van der Waals surface area contributed by atoms with E-state index in [2.05, 4.69) is 10.3 Å². The zero-order valence-corrected chi connectivity index (χ0v) is 10.8. The van der Waals surface area contributed by atoms with Crippen LogP contribution in [-0.4, -0.2) is 39.2 Å². The molecule has 1 N–H and O–H groups in total. The zero-order chi connectivity index (χ0) is 13.9. The van der Waals surface area contributed by atoms with Crippen LogP contribution in [0.2, 0.25) is 0 Å². The number of anilines is 1. The third kappa shape index (κ3) is 2.35. The van der Waals surface area contributed by atoms with Gasteiger partial charge < -0.3 is 14.7 Å². The van der Waals surface area contributed by atoms with E-state index in [1.54, 1.807) is 15.8 Å². The van der Waals surface area contributed by atoms with Crippen LogP contribution in [0, 0.1) is 0 Å². The maximum atomic E-state index is 12.0. The molecule has 7 nitrogen and oxygen atoms in total. The normalized spacial score (nSPS) is 14.1. The molecule has 1 aromatic heterocycles. The zero-order valence-electron chi connectivity index (χ0n) is 10.8. The first kappa shape index (κ1) is 12.6. The Morgan fingerprint density at radius 2 is 2.15 bits per heavy atom. The molecule has 1 aliphatic rings. The molecule has 0 saturated carbocycles. The molecule has 0 aliphatic carbocycles. The molecule has 3 rings (SSSR count). The van der Waals surface area contributed by atoms with Crippen LogP contribution in [0.4, 0.5) is 5.69 Å². The second kappa shape index (κ2) is 5.30. The number of aliphatic hydroxyl groups excluding tert-OH is 1. The number of carbonyl (C=O) groups is 1. The number of fused-ring (bicyclic) bond motifs is 1. The van der Waals surface area contributed by atoms with Gasteiger partial charge in [0.1, 0.15) is 11.4 Å². The largest absolute Gasteiger partial charge is 0.482 e. The standard InChI is InChI=1S/C13H14N4O3/c18-8-10-7-16(15-14-10)5-6-17-11-3-1-2-4-12(11)20-9-13(17)19/h1-4,7,18H,5-6,8-9H2. The Hall–Kier alpha value is -2.41. The van der Waals surface area contributed by atoms with Gasteiger partial charge in [0.2, 0.25) is 0 Å². The van der Waals surface area contributed by atoms with Crippen molar-refractivity contribution in [2.45, 2.75) is 13.2 Å². The highest BCUT2D eigenvalue weighted by molar-refractivity contribution is 5.97. The summed E-state index contributed by atoms with van der Waals surface area (Å²) >= 11 is 0. The minimum absolute atomic E-state index is 0.0518. The Balaban J connectivity index is 1.75. The highest BCUT2D eigenvalue weighted by atomic mass is 16.5. The molecule has 0 radical (unpaired) electrons. The number of rotatable bonds is 4. The number of para-hydroxylation sites is 2. The minimum atomic E-state index is -0.140. The molecule has 0 unspecified atom stereocenters. The molecule has 1 aliphatic heterocycles. The molecule has 20 heavy (non-hydrogen) atoms. The van der Waals surface area contributed by atoms with Crippen molar-refractivity contribution in [3.8, 4) is 5.75 Å². The van der Waals surface area contributed by atoms with Crippen LogP contribution in [0.15, 0.2) is 30.5 Å². The molecule has 0 spiro atoms. The van der Waals surface area contributed by atoms with Crippen molar-refractivity contribution in [2.75, 3.05) is 18.1 Å². The highest BCUT2D eigenvalue weighted by Crippen LogP contribution is 2.31. The third-order valence-electron chi connectivity index (χ3n) is 3.11. The number of benzene rings is 1. The number of ether oxygens (including phenoxy) is 1. The lowest BCUT2D eigenvalue weighted by Crippen LogP contribution is -2.40. The lowest BCUT2D eigenvalue weighted by molar-refractivity contribution is -0.121. The van der Waals surface area contributed by atoms with Gasteiger partial charge in [-0.2, -0.15) is 0 Å². The van der Waals surface area contributed by atoms with E-state index in [4.69, 9.17) is 9.84 Å². The van der Waals surface area contributed by atoms with Gasteiger partial charge in [-0.15, -0.1) is 5.10 Å². The summed E-state index contributed by atoms with van der Waals surface area (Å²) in [5.41, 5.74) is 1.28. The number of carbonyl (C=O) groups excluding carboxylic acids is 1. The Morgan fingerprint density at radius 3 is 2.95 bits per heavy atom. The van der Waals surface area contributed by atoms with E-state index >= 15 is 0 Å². The fourth-order valence-corrected chi connectivity index (χ4v) is 2.12. The lowest BCUT2D eigenvalue weighted by Gasteiger charge is -2.29. The van der Waals surface area contributed by atoms with Gasteiger partial charge in [0, 0.05) is 6.54 Å². The second-order valence-electron chi connectivity index (χ2n) is 4.43. The van der Waals surface area contributed by atoms with Crippen molar-refractivity contribution in [1.82, 2.24) is 15.0 Å². The Morgan fingerprint density at radius 1 is 1.30 bits per heavy atom. The van der Waals surface area contributed by atoms with Gasteiger partial charge in [-0.1, -0.05) is 17.3 Å².